The van der Waals surface area contributed by atoms with Gasteiger partial charge in [-0.05, 0) is 30.1 Å². The Morgan fingerprint density at radius 2 is 1.92 bits per heavy atom. The van der Waals surface area contributed by atoms with Crippen molar-refractivity contribution in [3.63, 3.8) is 0 Å². The van der Waals surface area contributed by atoms with Gasteiger partial charge in [0.2, 0.25) is 0 Å². The minimum absolute atomic E-state index is 0.0836. The fourth-order valence-corrected chi connectivity index (χ4v) is 2.60. The van der Waals surface area contributed by atoms with Crippen LogP contribution < -0.4 is 10.6 Å². The van der Waals surface area contributed by atoms with Crippen LogP contribution in [0.25, 0.3) is 0 Å². The van der Waals surface area contributed by atoms with Crippen LogP contribution in [0.15, 0.2) is 29.3 Å². The zero-order chi connectivity index (χ0) is 18.9. The molecule has 1 rings (SSSR count). The van der Waals surface area contributed by atoms with Crippen LogP contribution in [-0.2, 0) is 17.8 Å². The number of rotatable bonds is 8. The maximum Gasteiger partial charge on any atom is 0.191 e. The second-order valence-electron chi connectivity index (χ2n) is 7.55. The molecule has 5 nitrogen and oxygen atoms in total. The van der Waals surface area contributed by atoms with E-state index in [0.29, 0.717) is 0 Å². The van der Waals surface area contributed by atoms with Crippen molar-refractivity contribution in [2.75, 3.05) is 34.3 Å². The fourth-order valence-electron chi connectivity index (χ4n) is 2.60. The molecule has 0 aliphatic carbocycles. The molecule has 0 bridgehead atoms. The molecule has 0 spiro atoms. The van der Waals surface area contributed by atoms with Gasteiger partial charge < -0.3 is 20.3 Å². The van der Waals surface area contributed by atoms with E-state index in [2.05, 4.69) is 79.5 Å². The van der Waals surface area contributed by atoms with Gasteiger partial charge in [-0.2, -0.15) is 0 Å². The van der Waals surface area contributed by atoms with Crippen LogP contribution in [0.2, 0.25) is 0 Å². The topological polar surface area (TPSA) is 48.9 Å². The fraction of sp³-hybridized carbons (Fsp3) is 0.650. The van der Waals surface area contributed by atoms with Gasteiger partial charge in [0, 0.05) is 33.8 Å². The highest BCUT2D eigenvalue weighted by Gasteiger charge is 2.24. The van der Waals surface area contributed by atoms with Crippen LogP contribution in [0.4, 0.5) is 0 Å². The Morgan fingerprint density at radius 1 is 1.24 bits per heavy atom. The average molecular weight is 349 g/mol. The van der Waals surface area contributed by atoms with E-state index in [1.165, 1.54) is 11.1 Å². The molecule has 0 saturated carbocycles. The lowest BCUT2D eigenvalue weighted by Gasteiger charge is -2.30. The molecule has 1 atom stereocenters. The maximum absolute atomic E-state index is 5.59. The Bertz CT molecular complexity index is 537. The summed E-state index contributed by atoms with van der Waals surface area (Å²) >= 11 is 0. The van der Waals surface area contributed by atoms with Crippen molar-refractivity contribution in [2.45, 2.75) is 46.9 Å². The van der Waals surface area contributed by atoms with Gasteiger partial charge in [0.25, 0.3) is 0 Å². The van der Waals surface area contributed by atoms with E-state index >= 15 is 0 Å². The quantitative estimate of drug-likeness (QED) is 0.560. The van der Waals surface area contributed by atoms with Crippen LogP contribution >= 0.6 is 0 Å². The van der Waals surface area contributed by atoms with Gasteiger partial charge in [-0.15, -0.1) is 0 Å². The van der Waals surface area contributed by atoms with Crippen molar-refractivity contribution in [3.05, 3.63) is 35.4 Å². The first-order chi connectivity index (χ1) is 11.8. The Morgan fingerprint density at radius 3 is 2.48 bits per heavy atom. The number of nitrogens with zero attached hydrogens (tertiary/aromatic N) is 2. The number of nitrogens with one attached hydrogen (secondary N) is 2. The number of guanidine groups is 1. The molecule has 5 heteroatoms. The summed E-state index contributed by atoms with van der Waals surface area (Å²) in [5, 5.41) is 6.74. The number of aliphatic imine (C=N–C) groups is 1. The third-order valence-corrected chi connectivity index (χ3v) is 4.37. The van der Waals surface area contributed by atoms with Gasteiger partial charge in [-0.3, -0.25) is 4.99 Å². The summed E-state index contributed by atoms with van der Waals surface area (Å²) in [5.74, 6) is 0.794. The molecule has 0 fully saturated rings. The van der Waals surface area contributed by atoms with Crippen molar-refractivity contribution in [3.8, 4) is 0 Å². The SMILES string of the molecule is CCN(C)Cc1cccc(CNC(=NC)NCC(OC)C(C)(C)C)c1. The van der Waals surface area contributed by atoms with Crippen molar-refractivity contribution in [1.29, 1.82) is 0 Å². The molecule has 0 aromatic heterocycles. The van der Waals surface area contributed by atoms with E-state index in [0.717, 1.165) is 32.1 Å². The van der Waals surface area contributed by atoms with Crippen molar-refractivity contribution < 1.29 is 4.74 Å². The standard InChI is InChI=1S/C20H36N4O/c1-8-24(6)15-17-11-9-10-16(12-17)13-22-19(21-5)23-14-18(25-7)20(2,3)4/h9-12,18H,8,13-15H2,1-7H3,(H2,21,22,23). The summed E-state index contributed by atoms with van der Waals surface area (Å²) in [7, 11) is 5.69. The van der Waals surface area contributed by atoms with Gasteiger partial charge in [0.05, 0.1) is 6.10 Å². The molecule has 1 aromatic carbocycles. The highest BCUT2D eigenvalue weighted by Crippen LogP contribution is 2.20. The van der Waals surface area contributed by atoms with Gasteiger partial charge in [-0.1, -0.05) is 52.0 Å². The molecule has 0 aliphatic heterocycles. The zero-order valence-electron chi connectivity index (χ0n) is 17.0. The lowest BCUT2D eigenvalue weighted by atomic mass is 9.89. The third-order valence-electron chi connectivity index (χ3n) is 4.37. The Kier molecular flexibility index (Phi) is 8.93. The first-order valence-corrected chi connectivity index (χ1v) is 9.03. The summed E-state index contributed by atoms with van der Waals surface area (Å²) < 4.78 is 5.59. The number of hydrogen-bond donors (Lipinski definition) is 2. The largest absolute Gasteiger partial charge is 0.379 e. The van der Waals surface area contributed by atoms with Gasteiger partial charge in [-0.25, -0.2) is 0 Å². The number of hydrogen-bond acceptors (Lipinski definition) is 3. The van der Waals surface area contributed by atoms with Crippen LogP contribution in [0.1, 0.15) is 38.8 Å². The van der Waals surface area contributed by atoms with Crippen LogP contribution in [0.3, 0.4) is 0 Å². The predicted octanol–water partition coefficient (Wildman–Crippen LogP) is 2.86. The van der Waals surface area contributed by atoms with E-state index in [1.807, 2.05) is 0 Å². The molecule has 0 amide bonds. The van der Waals surface area contributed by atoms with Crippen molar-refractivity contribution in [1.82, 2.24) is 15.5 Å². The zero-order valence-corrected chi connectivity index (χ0v) is 17.0. The second-order valence-corrected chi connectivity index (χ2v) is 7.55. The number of methoxy groups -OCH3 is 1. The lowest BCUT2D eigenvalue weighted by Crippen LogP contribution is -2.45. The lowest BCUT2D eigenvalue weighted by molar-refractivity contribution is 0.0205. The molecule has 142 valence electrons. The highest BCUT2D eigenvalue weighted by atomic mass is 16.5. The van der Waals surface area contributed by atoms with Crippen LogP contribution in [0.5, 0.6) is 0 Å². The first kappa shape index (κ1) is 21.5. The Balaban J connectivity index is 2.56. The highest BCUT2D eigenvalue weighted by molar-refractivity contribution is 5.79. The summed E-state index contributed by atoms with van der Waals surface area (Å²) in [5.41, 5.74) is 2.67. The van der Waals surface area contributed by atoms with Crippen LogP contribution in [-0.4, -0.2) is 51.3 Å². The molecule has 1 unspecified atom stereocenters. The molecule has 0 aliphatic rings. The summed E-state index contributed by atoms with van der Waals surface area (Å²) in [6.07, 6.45) is 0.124. The normalized spacial score (nSPS) is 13.8. The van der Waals surface area contributed by atoms with Crippen LogP contribution in [0, 0.1) is 5.41 Å². The van der Waals surface area contributed by atoms with E-state index < -0.39 is 0 Å². The molecule has 1 aromatic rings. The number of benzene rings is 1. The second kappa shape index (κ2) is 10.4. The number of ether oxygens (including phenoxy) is 1. The average Bonchev–Trinajstić information content (AvgIpc) is 2.57. The molecule has 2 N–H and O–H groups in total. The molecule has 0 radical (unpaired) electrons. The predicted molar refractivity (Wildman–Crippen MR) is 107 cm³/mol. The van der Waals surface area contributed by atoms with E-state index in [4.69, 9.17) is 4.74 Å². The van der Waals surface area contributed by atoms with E-state index in [9.17, 15) is 0 Å². The third kappa shape index (κ3) is 7.88. The molecular formula is C20H36N4O. The first-order valence-electron chi connectivity index (χ1n) is 9.03. The summed E-state index contributed by atoms with van der Waals surface area (Å²) in [4.78, 5) is 6.60. The van der Waals surface area contributed by atoms with Gasteiger partial charge in [0.1, 0.15) is 0 Å². The monoisotopic (exact) mass is 348 g/mol. The minimum Gasteiger partial charge on any atom is -0.379 e. The Hall–Kier alpha value is -1.59. The van der Waals surface area contributed by atoms with Crippen molar-refractivity contribution >= 4 is 5.96 Å². The smallest absolute Gasteiger partial charge is 0.191 e. The van der Waals surface area contributed by atoms with Gasteiger partial charge in [0.15, 0.2) is 5.96 Å². The minimum atomic E-state index is 0.0836. The van der Waals surface area contributed by atoms with E-state index in [1.54, 1.807) is 14.2 Å². The maximum atomic E-state index is 5.59. The van der Waals surface area contributed by atoms with Crippen molar-refractivity contribution in [2.24, 2.45) is 10.4 Å². The molecule has 25 heavy (non-hydrogen) atoms. The molecule has 0 heterocycles. The molecule has 0 saturated heterocycles. The molecular weight excluding hydrogens is 312 g/mol. The Labute approximate surface area is 153 Å². The summed E-state index contributed by atoms with van der Waals surface area (Å²) in [6.45, 7) is 12.2. The summed E-state index contributed by atoms with van der Waals surface area (Å²) in [6, 6.07) is 8.68. The van der Waals surface area contributed by atoms with Gasteiger partial charge >= 0.3 is 0 Å². The van der Waals surface area contributed by atoms with E-state index in [-0.39, 0.29) is 11.5 Å².